The van der Waals surface area contributed by atoms with Gasteiger partial charge in [-0.2, -0.15) is 18.3 Å². The first-order chi connectivity index (χ1) is 15.1. The largest absolute Gasteiger partial charge is 0.490 e. The number of aromatic nitrogens is 4. The van der Waals surface area contributed by atoms with E-state index in [1.807, 2.05) is 19.2 Å². The van der Waals surface area contributed by atoms with Gasteiger partial charge in [0.25, 0.3) is 0 Å². The topological polar surface area (TPSA) is 118 Å². The van der Waals surface area contributed by atoms with E-state index in [-0.39, 0.29) is 0 Å². The summed E-state index contributed by atoms with van der Waals surface area (Å²) in [7, 11) is 1.82. The number of carboxylic acid groups (broad SMARTS) is 1. The quantitative estimate of drug-likeness (QED) is 0.619. The lowest BCUT2D eigenvalue weighted by molar-refractivity contribution is -0.192. The van der Waals surface area contributed by atoms with E-state index in [9.17, 15) is 18.3 Å². The molecule has 9 nitrogen and oxygen atoms in total. The number of benzene rings is 1. The van der Waals surface area contributed by atoms with Gasteiger partial charge < -0.3 is 14.6 Å². The Morgan fingerprint density at radius 1 is 1.19 bits per heavy atom. The van der Waals surface area contributed by atoms with Gasteiger partial charge in [0.2, 0.25) is 5.89 Å². The number of alkyl halides is 3. The van der Waals surface area contributed by atoms with Crippen molar-refractivity contribution < 1.29 is 32.6 Å². The molecule has 4 rings (SSSR count). The summed E-state index contributed by atoms with van der Waals surface area (Å²) in [6.07, 6.45) is 0.960. The fourth-order valence-electron chi connectivity index (χ4n) is 3.40. The van der Waals surface area contributed by atoms with Crippen molar-refractivity contribution in [2.24, 2.45) is 7.05 Å². The van der Waals surface area contributed by atoms with Crippen LogP contribution in [0.5, 0.6) is 0 Å². The average molecular weight is 453 g/mol. The van der Waals surface area contributed by atoms with Crippen molar-refractivity contribution >= 4 is 5.97 Å². The summed E-state index contributed by atoms with van der Waals surface area (Å²) in [5.74, 6) is -1.46. The minimum Gasteiger partial charge on any atom is -0.475 e. The van der Waals surface area contributed by atoms with E-state index in [1.165, 1.54) is 11.9 Å². The van der Waals surface area contributed by atoms with Crippen molar-refractivity contribution in [2.75, 3.05) is 13.1 Å². The second-order valence-electron chi connectivity index (χ2n) is 7.35. The Labute approximate surface area is 181 Å². The summed E-state index contributed by atoms with van der Waals surface area (Å²) in [5.41, 5.74) is 1.33. The maximum atomic E-state index is 10.9. The maximum absolute atomic E-state index is 10.9. The number of rotatable bonds is 4. The van der Waals surface area contributed by atoms with E-state index >= 15 is 0 Å². The van der Waals surface area contributed by atoms with E-state index in [4.69, 9.17) is 14.3 Å². The predicted octanol–water partition coefficient (Wildman–Crippen LogP) is 2.59. The van der Waals surface area contributed by atoms with Crippen molar-refractivity contribution in [1.82, 2.24) is 24.6 Å². The normalized spacial score (nSPS) is 16.3. The summed E-state index contributed by atoms with van der Waals surface area (Å²) in [6, 6.07) is 8.26. The number of halogens is 3. The molecule has 12 heteroatoms. The van der Waals surface area contributed by atoms with Gasteiger partial charge in [-0.15, -0.1) is 0 Å². The summed E-state index contributed by atoms with van der Waals surface area (Å²) >= 11 is 0. The fourth-order valence-corrected chi connectivity index (χ4v) is 3.40. The number of hydrogen-bond donors (Lipinski definition) is 2. The van der Waals surface area contributed by atoms with Gasteiger partial charge in [-0.05, 0) is 30.5 Å². The Morgan fingerprint density at radius 3 is 2.28 bits per heavy atom. The SMILES string of the molecule is Cn1ncnc1C1(O)CCN(Cc2ccc(-c3ncco3)cc2)CC1.O=C(O)C(F)(F)F. The minimum atomic E-state index is -5.08. The van der Waals surface area contributed by atoms with Crippen molar-refractivity contribution in [3.8, 4) is 11.5 Å². The molecule has 1 saturated heterocycles. The van der Waals surface area contributed by atoms with Crippen LogP contribution in [0.25, 0.3) is 11.5 Å². The van der Waals surface area contributed by atoms with Gasteiger partial charge in [0.05, 0.1) is 6.20 Å². The molecule has 3 aromatic rings. The Balaban J connectivity index is 0.000000360. The standard InChI is InChI=1S/C18H21N5O2.C2HF3O2/c1-22-17(20-13-21-22)18(24)6-9-23(10-7-18)12-14-2-4-15(5-3-14)16-19-8-11-25-16;3-2(4,5)1(6)7/h2-5,8,11,13,24H,6-7,9-10,12H2,1H3;(H,6,7). The van der Waals surface area contributed by atoms with Gasteiger partial charge in [0.15, 0.2) is 5.82 Å². The van der Waals surface area contributed by atoms with E-state index in [0.717, 1.165) is 25.2 Å². The van der Waals surface area contributed by atoms with E-state index in [1.54, 1.807) is 17.1 Å². The van der Waals surface area contributed by atoms with Crippen molar-refractivity contribution in [1.29, 1.82) is 0 Å². The first-order valence-corrected chi connectivity index (χ1v) is 9.66. The molecule has 0 spiro atoms. The number of aryl methyl sites for hydroxylation is 1. The molecule has 1 aromatic carbocycles. The third-order valence-corrected chi connectivity index (χ3v) is 5.09. The fraction of sp³-hybridized carbons (Fsp3) is 0.400. The maximum Gasteiger partial charge on any atom is 0.490 e. The molecular weight excluding hydrogens is 431 g/mol. The van der Waals surface area contributed by atoms with Gasteiger partial charge in [0.1, 0.15) is 18.2 Å². The second kappa shape index (κ2) is 9.49. The Hall–Kier alpha value is -3.25. The first-order valence-electron chi connectivity index (χ1n) is 9.66. The number of hydrogen-bond acceptors (Lipinski definition) is 7. The molecule has 2 N–H and O–H groups in total. The monoisotopic (exact) mass is 453 g/mol. The molecule has 0 unspecified atom stereocenters. The highest BCUT2D eigenvalue weighted by molar-refractivity contribution is 5.73. The van der Waals surface area contributed by atoms with Crippen LogP contribution in [0.15, 0.2) is 47.5 Å². The van der Waals surface area contributed by atoms with Crippen LogP contribution >= 0.6 is 0 Å². The zero-order valence-corrected chi connectivity index (χ0v) is 17.2. The highest BCUT2D eigenvalue weighted by atomic mass is 19.4. The van der Waals surface area contributed by atoms with Gasteiger partial charge in [-0.1, -0.05) is 12.1 Å². The number of aliphatic carboxylic acids is 1. The van der Waals surface area contributed by atoms with Crippen LogP contribution in [-0.4, -0.2) is 60.1 Å². The van der Waals surface area contributed by atoms with Crippen LogP contribution in [0, 0.1) is 0 Å². The third-order valence-electron chi connectivity index (χ3n) is 5.09. The molecule has 1 aliphatic heterocycles. The van der Waals surface area contributed by atoms with Crippen LogP contribution in [0.2, 0.25) is 0 Å². The van der Waals surface area contributed by atoms with Crippen LogP contribution in [0.1, 0.15) is 24.2 Å². The number of likely N-dealkylation sites (tertiary alicyclic amines) is 1. The lowest BCUT2D eigenvalue weighted by Gasteiger charge is -2.37. The van der Waals surface area contributed by atoms with E-state index in [0.29, 0.717) is 24.6 Å². The van der Waals surface area contributed by atoms with Crippen molar-refractivity contribution in [2.45, 2.75) is 31.2 Å². The number of nitrogens with zero attached hydrogens (tertiary/aromatic N) is 5. The predicted molar refractivity (Wildman–Crippen MR) is 105 cm³/mol. The molecule has 1 fully saturated rings. The lowest BCUT2D eigenvalue weighted by atomic mass is 9.90. The first kappa shape index (κ1) is 23.4. The summed E-state index contributed by atoms with van der Waals surface area (Å²) in [6.45, 7) is 2.51. The average Bonchev–Trinajstić information content (AvgIpc) is 3.42. The Morgan fingerprint density at radius 2 is 1.81 bits per heavy atom. The summed E-state index contributed by atoms with van der Waals surface area (Å²) in [5, 5.41) is 22.1. The van der Waals surface area contributed by atoms with Gasteiger partial charge in [-0.3, -0.25) is 9.58 Å². The number of oxazole rings is 1. The van der Waals surface area contributed by atoms with E-state index < -0.39 is 17.7 Å². The Kier molecular flexibility index (Phi) is 6.94. The molecule has 0 amide bonds. The second-order valence-corrected chi connectivity index (χ2v) is 7.35. The molecule has 3 heterocycles. The van der Waals surface area contributed by atoms with Crippen LogP contribution < -0.4 is 0 Å². The number of aliphatic hydroxyl groups is 1. The highest BCUT2D eigenvalue weighted by Crippen LogP contribution is 2.31. The van der Waals surface area contributed by atoms with Gasteiger partial charge in [0, 0.05) is 32.2 Å². The van der Waals surface area contributed by atoms with Crippen molar-refractivity contribution in [3.63, 3.8) is 0 Å². The van der Waals surface area contributed by atoms with Crippen LogP contribution in [-0.2, 0) is 24.0 Å². The molecular formula is C20H22F3N5O4. The highest BCUT2D eigenvalue weighted by Gasteiger charge is 2.38. The molecule has 0 atom stereocenters. The van der Waals surface area contributed by atoms with Crippen LogP contribution in [0.3, 0.4) is 0 Å². The third kappa shape index (κ3) is 5.71. The minimum absolute atomic E-state index is 0.637. The molecule has 0 radical (unpaired) electrons. The zero-order chi connectivity index (χ0) is 23.4. The molecule has 0 aliphatic carbocycles. The summed E-state index contributed by atoms with van der Waals surface area (Å²) in [4.78, 5) is 19.6. The van der Waals surface area contributed by atoms with Gasteiger partial charge in [-0.25, -0.2) is 14.8 Å². The summed E-state index contributed by atoms with van der Waals surface area (Å²) < 4.78 is 38.7. The number of carboxylic acids is 1. The molecule has 172 valence electrons. The number of piperidine rings is 1. The Bertz CT molecular complexity index is 1010. The van der Waals surface area contributed by atoms with E-state index in [2.05, 4.69) is 32.1 Å². The molecule has 2 aromatic heterocycles. The molecule has 32 heavy (non-hydrogen) atoms. The molecule has 0 saturated carbocycles. The smallest absolute Gasteiger partial charge is 0.475 e. The zero-order valence-electron chi connectivity index (χ0n) is 17.2. The molecule has 0 bridgehead atoms. The number of carbonyl (C=O) groups is 1. The lowest BCUT2D eigenvalue weighted by Crippen LogP contribution is -2.43. The molecule has 1 aliphatic rings. The van der Waals surface area contributed by atoms with Crippen molar-refractivity contribution in [3.05, 3.63) is 54.4 Å². The van der Waals surface area contributed by atoms with Gasteiger partial charge >= 0.3 is 12.1 Å². The van der Waals surface area contributed by atoms with Crippen LogP contribution in [0.4, 0.5) is 13.2 Å².